The van der Waals surface area contributed by atoms with Crippen molar-refractivity contribution in [3.63, 3.8) is 0 Å². The molecule has 1 saturated carbocycles. The Morgan fingerprint density at radius 1 is 1.62 bits per heavy atom. The summed E-state index contributed by atoms with van der Waals surface area (Å²) in [6, 6.07) is 0. The zero-order valence-corrected chi connectivity index (χ0v) is 9.30. The number of carbonyl (C=O) groups is 1. The van der Waals surface area contributed by atoms with Gasteiger partial charge in [-0.05, 0) is 30.8 Å². The molecule has 0 aromatic carbocycles. The molecule has 0 aliphatic heterocycles. The second kappa shape index (κ2) is 4.61. The van der Waals surface area contributed by atoms with Crippen LogP contribution in [0.2, 0.25) is 0 Å². The van der Waals surface area contributed by atoms with E-state index in [1.807, 2.05) is 0 Å². The molecule has 1 unspecified atom stereocenters. The highest BCUT2D eigenvalue weighted by Gasteiger charge is 2.36. The van der Waals surface area contributed by atoms with Gasteiger partial charge in [0.05, 0.1) is 6.61 Å². The number of aromatic nitrogens is 2. The Bertz CT molecular complexity index is 373. The van der Waals surface area contributed by atoms with E-state index in [9.17, 15) is 4.79 Å². The summed E-state index contributed by atoms with van der Waals surface area (Å²) < 4.78 is 15.0. The average Bonchev–Trinajstić information content (AvgIpc) is 2.97. The summed E-state index contributed by atoms with van der Waals surface area (Å²) in [5.41, 5.74) is 0. The Balaban J connectivity index is 2.08. The monoisotopic (exact) mass is 226 g/mol. The number of hydrogen-bond acceptors (Lipinski definition) is 6. The topological polar surface area (TPSA) is 74.5 Å². The van der Waals surface area contributed by atoms with Crippen LogP contribution in [0.5, 0.6) is 0 Å². The van der Waals surface area contributed by atoms with Crippen molar-refractivity contribution in [1.29, 1.82) is 0 Å². The molecule has 0 amide bonds. The van der Waals surface area contributed by atoms with Crippen LogP contribution in [0.25, 0.3) is 0 Å². The summed E-state index contributed by atoms with van der Waals surface area (Å²) in [5.74, 6) is 0.177. The van der Waals surface area contributed by atoms with Crippen molar-refractivity contribution in [2.24, 2.45) is 5.92 Å². The van der Waals surface area contributed by atoms with Crippen LogP contribution in [0.3, 0.4) is 0 Å². The number of methoxy groups -OCH3 is 1. The zero-order chi connectivity index (χ0) is 11.5. The van der Waals surface area contributed by atoms with E-state index < -0.39 is 5.97 Å². The van der Waals surface area contributed by atoms with Crippen molar-refractivity contribution in [2.45, 2.75) is 25.9 Å². The molecule has 0 radical (unpaired) electrons. The highest BCUT2D eigenvalue weighted by Crippen LogP contribution is 2.42. The third-order valence-corrected chi connectivity index (χ3v) is 2.45. The highest BCUT2D eigenvalue weighted by atomic mass is 16.5. The minimum atomic E-state index is -0.567. The maximum atomic E-state index is 11.3. The van der Waals surface area contributed by atoms with E-state index in [4.69, 9.17) is 14.0 Å². The Morgan fingerprint density at radius 3 is 2.94 bits per heavy atom. The summed E-state index contributed by atoms with van der Waals surface area (Å²) in [7, 11) is 1.59. The maximum absolute atomic E-state index is 11.3. The predicted molar refractivity (Wildman–Crippen MR) is 52.7 cm³/mol. The van der Waals surface area contributed by atoms with E-state index in [1.54, 1.807) is 14.0 Å². The van der Waals surface area contributed by atoms with Gasteiger partial charge in [-0.1, -0.05) is 0 Å². The van der Waals surface area contributed by atoms with Crippen molar-refractivity contribution in [3.8, 4) is 0 Å². The first kappa shape index (κ1) is 11.1. The molecule has 2 rings (SSSR count). The number of esters is 1. The zero-order valence-electron chi connectivity index (χ0n) is 9.30. The van der Waals surface area contributed by atoms with Gasteiger partial charge in [-0.25, -0.2) is 4.79 Å². The average molecular weight is 226 g/mol. The molecule has 1 aliphatic carbocycles. The van der Waals surface area contributed by atoms with Gasteiger partial charge in [-0.2, -0.15) is 4.98 Å². The maximum Gasteiger partial charge on any atom is 0.379 e. The summed E-state index contributed by atoms with van der Waals surface area (Å²) >= 11 is 0. The van der Waals surface area contributed by atoms with Crippen LogP contribution in [0.1, 0.15) is 42.4 Å². The van der Waals surface area contributed by atoms with Gasteiger partial charge < -0.3 is 14.0 Å². The van der Waals surface area contributed by atoms with Crippen LogP contribution in [0, 0.1) is 5.92 Å². The largest absolute Gasteiger partial charge is 0.460 e. The smallest absolute Gasteiger partial charge is 0.379 e. The van der Waals surface area contributed by atoms with Crippen molar-refractivity contribution in [2.75, 3.05) is 13.7 Å². The van der Waals surface area contributed by atoms with E-state index in [0.29, 0.717) is 18.4 Å². The first-order chi connectivity index (χ1) is 7.76. The molecule has 6 heteroatoms. The lowest BCUT2D eigenvalue weighted by Crippen LogP contribution is -2.08. The second-order valence-corrected chi connectivity index (χ2v) is 3.67. The van der Waals surface area contributed by atoms with Gasteiger partial charge in [0, 0.05) is 7.11 Å². The van der Waals surface area contributed by atoms with Crippen molar-refractivity contribution in [1.82, 2.24) is 10.1 Å². The molecule has 0 spiro atoms. The van der Waals surface area contributed by atoms with Crippen LogP contribution in [0.15, 0.2) is 4.52 Å². The molecule has 0 saturated heterocycles. The Kier molecular flexibility index (Phi) is 3.19. The summed E-state index contributed by atoms with van der Waals surface area (Å²) in [6.45, 7) is 2.01. The molecule has 6 nitrogen and oxygen atoms in total. The molecule has 88 valence electrons. The molecule has 1 heterocycles. The highest BCUT2D eigenvalue weighted by molar-refractivity contribution is 5.84. The molecule has 0 N–H and O–H groups in total. The third-order valence-electron chi connectivity index (χ3n) is 2.45. The minimum Gasteiger partial charge on any atom is -0.460 e. The van der Waals surface area contributed by atoms with E-state index in [1.165, 1.54) is 0 Å². The number of ether oxygens (including phenoxy) is 2. The van der Waals surface area contributed by atoms with E-state index in [-0.39, 0.29) is 11.9 Å². The molecule has 1 aromatic heterocycles. The minimum absolute atomic E-state index is 0.0421. The molecule has 1 atom stereocenters. The molecular weight excluding hydrogens is 212 g/mol. The Morgan fingerprint density at radius 2 is 2.38 bits per heavy atom. The van der Waals surface area contributed by atoms with Crippen LogP contribution in [-0.4, -0.2) is 29.8 Å². The van der Waals surface area contributed by atoms with E-state index in [2.05, 4.69) is 10.1 Å². The summed E-state index contributed by atoms with van der Waals surface area (Å²) in [6.07, 6.45) is 1.99. The normalized spacial score (nSPS) is 17.1. The first-order valence-corrected chi connectivity index (χ1v) is 5.29. The Hall–Kier alpha value is -1.43. The van der Waals surface area contributed by atoms with Crippen LogP contribution < -0.4 is 0 Å². The predicted octanol–water partition coefficient (Wildman–Crippen LogP) is 1.34. The van der Waals surface area contributed by atoms with Crippen molar-refractivity contribution >= 4 is 5.97 Å². The number of rotatable bonds is 5. The number of hydrogen-bond donors (Lipinski definition) is 0. The fourth-order valence-electron chi connectivity index (χ4n) is 1.52. The van der Waals surface area contributed by atoms with Gasteiger partial charge in [0.25, 0.3) is 11.7 Å². The van der Waals surface area contributed by atoms with Crippen molar-refractivity contribution < 1.29 is 18.8 Å². The second-order valence-electron chi connectivity index (χ2n) is 3.67. The molecular formula is C10H14N2O4. The molecule has 16 heavy (non-hydrogen) atoms. The molecule has 1 fully saturated rings. The van der Waals surface area contributed by atoms with Crippen LogP contribution in [0.4, 0.5) is 0 Å². The van der Waals surface area contributed by atoms with Gasteiger partial charge in [0.1, 0.15) is 6.10 Å². The van der Waals surface area contributed by atoms with Gasteiger partial charge in [0.2, 0.25) is 0 Å². The fourth-order valence-corrected chi connectivity index (χ4v) is 1.52. The first-order valence-electron chi connectivity index (χ1n) is 5.29. The van der Waals surface area contributed by atoms with Gasteiger partial charge in [0.15, 0.2) is 0 Å². The summed E-state index contributed by atoms with van der Waals surface area (Å²) in [5, 5.41) is 3.57. The number of nitrogens with zero attached hydrogens (tertiary/aromatic N) is 2. The van der Waals surface area contributed by atoms with Gasteiger partial charge in [-0.3, -0.25) is 0 Å². The number of carbonyl (C=O) groups excluding carboxylic acids is 1. The SMILES string of the molecule is CCOC(=O)c1noc(C(OC)C2CC2)n1. The lowest BCUT2D eigenvalue weighted by atomic mass is 10.2. The lowest BCUT2D eigenvalue weighted by molar-refractivity contribution is 0.0507. The molecule has 0 bridgehead atoms. The summed E-state index contributed by atoms with van der Waals surface area (Å²) in [4.78, 5) is 15.3. The molecule has 1 aromatic rings. The van der Waals surface area contributed by atoms with Gasteiger partial charge in [-0.15, -0.1) is 0 Å². The standard InChI is InChI=1S/C10H14N2O4/c1-3-15-10(13)8-11-9(16-12-8)7(14-2)6-4-5-6/h6-7H,3-5H2,1-2H3. The van der Waals surface area contributed by atoms with E-state index in [0.717, 1.165) is 12.8 Å². The lowest BCUT2D eigenvalue weighted by Gasteiger charge is -2.07. The van der Waals surface area contributed by atoms with Crippen LogP contribution in [-0.2, 0) is 9.47 Å². The quantitative estimate of drug-likeness (QED) is 0.705. The van der Waals surface area contributed by atoms with Gasteiger partial charge >= 0.3 is 5.97 Å². The van der Waals surface area contributed by atoms with Crippen molar-refractivity contribution in [3.05, 3.63) is 11.7 Å². The third kappa shape index (κ3) is 2.21. The fraction of sp³-hybridized carbons (Fsp3) is 0.700. The molecule has 1 aliphatic rings. The Labute approximate surface area is 92.9 Å². The van der Waals surface area contributed by atoms with Crippen LogP contribution >= 0.6 is 0 Å². The van der Waals surface area contributed by atoms with E-state index >= 15 is 0 Å².